The van der Waals surface area contributed by atoms with Gasteiger partial charge in [-0.05, 0) is 11.6 Å². The van der Waals surface area contributed by atoms with Crippen LogP contribution in [0.15, 0.2) is 24.5 Å². The molecule has 1 aromatic heterocycles. The van der Waals surface area contributed by atoms with Gasteiger partial charge < -0.3 is 0 Å². The largest absolute Gasteiger partial charge is 0.292 e. The lowest BCUT2D eigenvalue weighted by atomic mass is 10.2. The Hall–Kier alpha value is -0.740. The minimum Gasteiger partial charge on any atom is -0.292 e. The van der Waals surface area contributed by atoms with Gasteiger partial charge in [-0.3, -0.25) is 9.88 Å². The number of nitrogens with zero attached hydrogens (tertiary/aromatic N) is 2. The van der Waals surface area contributed by atoms with Crippen molar-refractivity contribution in [3.8, 4) is 0 Å². The van der Waals surface area contributed by atoms with Crippen LogP contribution in [-0.4, -0.2) is 35.3 Å². The molecule has 0 aliphatic heterocycles. The minimum absolute atomic E-state index is 0.248. The van der Waals surface area contributed by atoms with Crippen LogP contribution in [0.3, 0.4) is 0 Å². The van der Waals surface area contributed by atoms with E-state index in [9.17, 15) is 8.78 Å². The average molecular weight is 235 g/mol. The molecule has 0 aliphatic rings. The molecule has 5 heteroatoms. The van der Waals surface area contributed by atoms with Crippen molar-refractivity contribution in [2.75, 3.05) is 19.0 Å². The molecule has 0 radical (unpaired) electrons. The van der Waals surface area contributed by atoms with Crippen LogP contribution < -0.4 is 0 Å². The maximum absolute atomic E-state index is 12.2. The molecule has 0 bridgehead atoms. The topological polar surface area (TPSA) is 16.1 Å². The van der Waals surface area contributed by atoms with Gasteiger partial charge in [-0.15, -0.1) is 11.6 Å². The Balaban J connectivity index is 2.50. The Kier molecular flexibility index (Phi) is 5.50. The molecular formula is C10H13ClF2N2. The Morgan fingerprint density at radius 2 is 2.27 bits per heavy atom. The zero-order chi connectivity index (χ0) is 11.1. The zero-order valence-electron chi connectivity index (χ0n) is 8.24. The normalized spacial score (nSPS) is 11.3. The van der Waals surface area contributed by atoms with Crippen LogP contribution in [-0.2, 0) is 6.54 Å². The highest BCUT2D eigenvalue weighted by Gasteiger charge is 2.11. The molecule has 0 fully saturated rings. The third kappa shape index (κ3) is 5.04. The van der Waals surface area contributed by atoms with Crippen molar-refractivity contribution in [2.45, 2.75) is 13.0 Å². The van der Waals surface area contributed by atoms with E-state index in [1.807, 2.05) is 6.07 Å². The smallest absolute Gasteiger partial charge is 0.251 e. The van der Waals surface area contributed by atoms with Crippen LogP contribution in [0.5, 0.6) is 0 Å². The molecule has 0 aromatic carbocycles. The fourth-order valence-electron chi connectivity index (χ4n) is 1.30. The zero-order valence-corrected chi connectivity index (χ0v) is 9.00. The second-order valence-electron chi connectivity index (χ2n) is 3.18. The van der Waals surface area contributed by atoms with E-state index < -0.39 is 6.43 Å². The van der Waals surface area contributed by atoms with Crippen molar-refractivity contribution in [1.82, 2.24) is 9.88 Å². The van der Waals surface area contributed by atoms with Gasteiger partial charge in [-0.1, -0.05) is 6.07 Å². The molecule has 0 unspecified atom stereocenters. The Labute approximate surface area is 92.9 Å². The standard InChI is InChI=1S/C10H13ClF2N2/c11-3-5-15(8-10(12)13)7-9-2-1-4-14-6-9/h1-2,4,6,10H,3,5,7-8H2. The lowest BCUT2D eigenvalue weighted by Crippen LogP contribution is -2.30. The summed E-state index contributed by atoms with van der Waals surface area (Å²) >= 11 is 5.54. The second-order valence-corrected chi connectivity index (χ2v) is 3.55. The van der Waals surface area contributed by atoms with Crippen molar-refractivity contribution >= 4 is 11.6 Å². The first kappa shape index (κ1) is 12.3. The molecule has 0 amide bonds. The number of rotatable bonds is 6. The average Bonchev–Trinajstić information content (AvgIpc) is 2.18. The highest BCUT2D eigenvalue weighted by atomic mass is 35.5. The minimum atomic E-state index is -2.33. The van der Waals surface area contributed by atoms with Crippen molar-refractivity contribution in [1.29, 1.82) is 0 Å². The molecule has 0 aliphatic carbocycles. The third-order valence-electron chi connectivity index (χ3n) is 1.93. The van der Waals surface area contributed by atoms with E-state index in [0.29, 0.717) is 19.0 Å². The lowest BCUT2D eigenvalue weighted by molar-refractivity contribution is 0.0878. The van der Waals surface area contributed by atoms with Gasteiger partial charge in [0.1, 0.15) is 0 Å². The molecule has 2 nitrogen and oxygen atoms in total. The molecule has 15 heavy (non-hydrogen) atoms. The van der Waals surface area contributed by atoms with E-state index in [1.165, 1.54) is 0 Å². The highest BCUT2D eigenvalue weighted by Crippen LogP contribution is 2.06. The third-order valence-corrected chi connectivity index (χ3v) is 2.09. The van der Waals surface area contributed by atoms with E-state index >= 15 is 0 Å². The summed E-state index contributed by atoms with van der Waals surface area (Å²) in [5.41, 5.74) is 0.920. The Bertz CT molecular complexity index is 269. The fourth-order valence-corrected chi connectivity index (χ4v) is 1.54. The summed E-state index contributed by atoms with van der Waals surface area (Å²) in [4.78, 5) is 5.55. The van der Waals surface area contributed by atoms with Gasteiger partial charge in [-0.25, -0.2) is 8.78 Å². The van der Waals surface area contributed by atoms with Gasteiger partial charge in [0.05, 0.1) is 6.54 Å². The van der Waals surface area contributed by atoms with Gasteiger partial charge in [0.25, 0.3) is 6.43 Å². The predicted octanol–water partition coefficient (Wildman–Crippen LogP) is 2.39. The maximum Gasteiger partial charge on any atom is 0.251 e. The van der Waals surface area contributed by atoms with Crippen LogP contribution in [0.1, 0.15) is 5.56 Å². The summed E-state index contributed by atoms with van der Waals surface area (Å²) in [6.07, 6.45) is 1.000. The van der Waals surface area contributed by atoms with E-state index in [-0.39, 0.29) is 6.54 Å². The summed E-state index contributed by atoms with van der Waals surface area (Å²) in [7, 11) is 0. The van der Waals surface area contributed by atoms with Gasteiger partial charge in [0.2, 0.25) is 0 Å². The van der Waals surface area contributed by atoms with Crippen molar-refractivity contribution < 1.29 is 8.78 Å². The number of aromatic nitrogens is 1. The molecular weight excluding hydrogens is 222 g/mol. The summed E-state index contributed by atoms with van der Waals surface area (Å²) in [6, 6.07) is 3.65. The summed E-state index contributed by atoms with van der Waals surface area (Å²) in [5.74, 6) is 0.354. The fraction of sp³-hybridized carbons (Fsp3) is 0.500. The molecule has 0 spiro atoms. The van der Waals surface area contributed by atoms with Gasteiger partial charge in [0.15, 0.2) is 0 Å². The molecule has 0 N–H and O–H groups in total. The first-order valence-corrected chi connectivity index (χ1v) is 5.21. The number of hydrogen-bond acceptors (Lipinski definition) is 2. The number of hydrogen-bond donors (Lipinski definition) is 0. The lowest BCUT2D eigenvalue weighted by Gasteiger charge is -2.20. The molecule has 0 saturated carbocycles. The SMILES string of the molecule is FC(F)CN(CCCl)Cc1cccnc1. The van der Waals surface area contributed by atoms with E-state index in [0.717, 1.165) is 5.56 Å². The van der Waals surface area contributed by atoms with Crippen molar-refractivity contribution in [2.24, 2.45) is 0 Å². The summed E-state index contributed by atoms with van der Waals surface area (Å²) in [6.45, 7) is 0.674. The predicted molar refractivity (Wildman–Crippen MR) is 56.2 cm³/mol. The van der Waals surface area contributed by atoms with E-state index in [1.54, 1.807) is 23.4 Å². The number of halogens is 3. The van der Waals surface area contributed by atoms with Gasteiger partial charge >= 0.3 is 0 Å². The van der Waals surface area contributed by atoms with Crippen LogP contribution in [0.25, 0.3) is 0 Å². The van der Waals surface area contributed by atoms with Crippen LogP contribution >= 0.6 is 11.6 Å². The molecule has 1 aromatic rings. The Morgan fingerprint density at radius 3 is 2.80 bits per heavy atom. The molecule has 84 valence electrons. The van der Waals surface area contributed by atoms with Gasteiger partial charge in [0, 0.05) is 31.4 Å². The number of pyridine rings is 1. The van der Waals surface area contributed by atoms with E-state index in [4.69, 9.17) is 11.6 Å². The molecule has 0 saturated heterocycles. The van der Waals surface area contributed by atoms with Crippen LogP contribution in [0.4, 0.5) is 8.78 Å². The summed E-state index contributed by atoms with van der Waals surface area (Å²) < 4.78 is 24.4. The van der Waals surface area contributed by atoms with Crippen LogP contribution in [0.2, 0.25) is 0 Å². The monoisotopic (exact) mass is 234 g/mol. The molecule has 1 heterocycles. The Morgan fingerprint density at radius 1 is 1.47 bits per heavy atom. The van der Waals surface area contributed by atoms with Gasteiger partial charge in [-0.2, -0.15) is 0 Å². The second kappa shape index (κ2) is 6.69. The summed E-state index contributed by atoms with van der Waals surface area (Å²) in [5, 5.41) is 0. The van der Waals surface area contributed by atoms with Crippen molar-refractivity contribution in [3.05, 3.63) is 30.1 Å². The quantitative estimate of drug-likeness (QED) is 0.703. The molecule has 1 rings (SSSR count). The van der Waals surface area contributed by atoms with E-state index in [2.05, 4.69) is 4.98 Å². The van der Waals surface area contributed by atoms with Crippen LogP contribution in [0, 0.1) is 0 Å². The maximum atomic E-state index is 12.2. The number of alkyl halides is 3. The first-order chi connectivity index (χ1) is 7.22. The first-order valence-electron chi connectivity index (χ1n) is 4.67. The molecule has 0 atom stereocenters. The van der Waals surface area contributed by atoms with Crippen molar-refractivity contribution in [3.63, 3.8) is 0 Å². The highest BCUT2D eigenvalue weighted by molar-refractivity contribution is 6.18.